The van der Waals surface area contributed by atoms with Crippen LogP contribution in [0.4, 0.5) is 0 Å². The highest BCUT2D eigenvalue weighted by Crippen LogP contribution is 2.33. The van der Waals surface area contributed by atoms with E-state index in [1.54, 1.807) is 18.2 Å². The van der Waals surface area contributed by atoms with Crippen LogP contribution in [0.3, 0.4) is 0 Å². The van der Waals surface area contributed by atoms with E-state index in [1.165, 1.54) is 0 Å². The van der Waals surface area contributed by atoms with Gasteiger partial charge in [-0.3, -0.25) is 0 Å². The third kappa shape index (κ3) is 3.39. The molecule has 1 aromatic carbocycles. The molecule has 1 rings (SSSR count). The molecule has 0 fully saturated rings. The van der Waals surface area contributed by atoms with Crippen LogP contribution in [0, 0.1) is 11.3 Å². The molecule has 0 amide bonds. The van der Waals surface area contributed by atoms with E-state index in [-0.39, 0.29) is 23.0 Å². The number of phenols is 2. The second-order valence-corrected chi connectivity index (χ2v) is 5.96. The Labute approximate surface area is 110 Å². The van der Waals surface area contributed by atoms with Gasteiger partial charge in [0.05, 0.1) is 5.56 Å². The van der Waals surface area contributed by atoms with Crippen molar-refractivity contribution in [3.05, 3.63) is 23.8 Å². The molecule has 0 aliphatic heterocycles. The number of phenolic OH excluding ortho intramolecular Hbond substituents is 2. The molecule has 0 aromatic heterocycles. The first-order valence-corrected chi connectivity index (χ1v) is 6.50. The van der Waals surface area contributed by atoms with Crippen LogP contribution in [-0.2, 0) is 0 Å². The Bertz CT molecular complexity index is 379. The predicted octanol–water partition coefficient (Wildman–Crippen LogP) is 3.43. The van der Waals surface area contributed by atoms with Gasteiger partial charge < -0.3 is 15.5 Å². The molecule has 102 valence electrons. The van der Waals surface area contributed by atoms with E-state index in [0.29, 0.717) is 11.5 Å². The highest BCUT2D eigenvalue weighted by atomic mass is 16.3. The largest absolute Gasteiger partial charge is 0.507 e. The van der Waals surface area contributed by atoms with Crippen LogP contribution < -0.4 is 5.32 Å². The molecule has 3 heteroatoms. The second-order valence-electron chi connectivity index (χ2n) is 5.96. The summed E-state index contributed by atoms with van der Waals surface area (Å²) < 4.78 is 0. The zero-order valence-corrected chi connectivity index (χ0v) is 12.0. The van der Waals surface area contributed by atoms with Crippen molar-refractivity contribution in [2.45, 2.75) is 40.7 Å². The molecular weight excluding hydrogens is 226 g/mol. The first-order valence-electron chi connectivity index (χ1n) is 6.50. The first kappa shape index (κ1) is 14.8. The fraction of sp³-hybridized carbons (Fsp3) is 0.600. The van der Waals surface area contributed by atoms with Gasteiger partial charge in [-0.2, -0.15) is 0 Å². The summed E-state index contributed by atoms with van der Waals surface area (Å²) in [7, 11) is 0. The third-order valence-corrected chi connectivity index (χ3v) is 3.92. The lowest BCUT2D eigenvalue weighted by Gasteiger charge is -2.31. The van der Waals surface area contributed by atoms with Gasteiger partial charge in [-0.25, -0.2) is 0 Å². The van der Waals surface area contributed by atoms with E-state index in [9.17, 15) is 10.2 Å². The molecule has 1 unspecified atom stereocenters. The van der Waals surface area contributed by atoms with Crippen LogP contribution in [0.5, 0.6) is 11.5 Å². The Morgan fingerprint density at radius 3 is 2.06 bits per heavy atom. The number of benzene rings is 1. The lowest BCUT2D eigenvalue weighted by Crippen LogP contribution is -2.34. The van der Waals surface area contributed by atoms with Crippen molar-refractivity contribution in [2.75, 3.05) is 6.54 Å². The van der Waals surface area contributed by atoms with Crippen molar-refractivity contribution in [3.8, 4) is 11.5 Å². The lowest BCUT2D eigenvalue weighted by molar-refractivity contribution is 0.229. The monoisotopic (exact) mass is 251 g/mol. The summed E-state index contributed by atoms with van der Waals surface area (Å²) >= 11 is 0. The van der Waals surface area contributed by atoms with Crippen molar-refractivity contribution in [2.24, 2.45) is 11.3 Å². The smallest absolute Gasteiger partial charge is 0.124 e. The molecule has 0 aliphatic rings. The summed E-state index contributed by atoms with van der Waals surface area (Å²) in [4.78, 5) is 0. The molecule has 3 N–H and O–H groups in total. The number of aromatic hydroxyl groups is 2. The Kier molecular flexibility index (Phi) is 4.63. The van der Waals surface area contributed by atoms with Crippen molar-refractivity contribution in [1.29, 1.82) is 0 Å². The van der Waals surface area contributed by atoms with Gasteiger partial charge in [0.2, 0.25) is 0 Å². The Morgan fingerprint density at radius 1 is 1.11 bits per heavy atom. The van der Waals surface area contributed by atoms with Crippen LogP contribution in [-0.4, -0.2) is 16.8 Å². The van der Waals surface area contributed by atoms with Crippen molar-refractivity contribution >= 4 is 0 Å². The fourth-order valence-corrected chi connectivity index (χ4v) is 1.71. The minimum Gasteiger partial charge on any atom is -0.507 e. The highest BCUT2D eigenvalue weighted by Gasteiger charge is 2.24. The van der Waals surface area contributed by atoms with Crippen molar-refractivity contribution in [1.82, 2.24) is 5.32 Å². The zero-order valence-electron chi connectivity index (χ0n) is 12.0. The molecule has 0 aliphatic carbocycles. The normalized spacial score (nSPS) is 13.9. The van der Waals surface area contributed by atoms with Crippen LogP contribution in [0.2, 0.25) is 0 Å². The van der Waals surface area contributed by atoms with Gasteiger partial charge in [-0.05, 0) is 30.4 Å². The number of hydrogen-bond donors (Lipinski definition) is 3. The van der Waals surface area contributed by atoms with E-state index >= 15 is 0 Å². The SMILES string of the molecule is CC(NCC(C)(C)C(C)C)c1c(O)cccc1O. The van der Waals surface area contributed by atoms with E-state index in [2.05, 4.69) is 33.0 Å². The van der Waals surface area contributed by atoms with E-state index in [4.69, 9.17) is 0 Å². The van der Waals surface area contributed by atoms with Crippen LogP contribution in [0.25, 0.3) is 0 Å². The minimum absolute atomic E-state index is 0.0794. The summed E-state index contributed by atoms with van der Waals surface area (Å²) in [6.45, 7) is 11.6. The third-order valence-electron chi connectivity index (χ3n) is 3.92. The van der Waals surface area contributed by atoms with Crippen LogP contribution in [0.15, 0.2) is 18.2 Å². The Morgan fingerprint density at radius 2 is 1.61 bits per heavy atom. The average molecular weight is 251 g/mol. The van der Waals surface area contributed by atoms with Crippen molar-refractivity contribution < 1.29 is 10.2 Å². The molecule has 0 spiro atoms. The fourth-order valence-electron chi connectivity index (χ4n) is 1.71. The van der Waals surface area contributed by atoms with Gasteiger partial charge in [0.1, 0.15) is 11.5 Å². The number of rotatable bonds is 5. The molecule has 18 heavy (non-hydrogen) atoms. The Balaban J connectivity index is 2.75. The summed E-state index contributed by atoms with van der Waals surface area (Å²) in [6, 6.07) is 4.75. The summed E-state index contributed by atoms with van der Waals surface area (Å²) in [5.74, 6) is 0.838. The molecule has 0 saturated heterocycles. The van der Waals surface area contributed by atoms with Gasteiger partial charge in [0.15, 0.2) is 0 Å². The molecule has 0 bridgehead atoms. The van der Waals surface area contributed by atoms with Gasteiger partial charge in [-0.15, -0.1) is 0 Å². The average Bonchev–Trinajstić information content (AvgIpc) is 2.26. The molecule has 1 atom stereocenters. The summed E-state index contributed by atoms with van der Waals surface area (Å²) in [6.07, 6.45) is 0. The van der Waals surface area contributed by atoms with Gasteiger partial charge in [0.25, 0.3) is 0 Å². The van der Waals surface area contributed by atoms with Gasteiger partial charge >= 0.3 is 0 Å². The zero-order chi connectivity index (χ0) is 13.9. The van der Waals surface area contributed by atoms with Gasteiger partial charge in [0, 0.05) is 12.6 Å². The number of hydrogen-bond acceptors (Lipinski definition) is 3. The second kappa shape index (κ2) is 5.61. The maximum absolute atomic E-state index is 9.80. The molecular formula is C15H25NO2. The molecule has 0 heterocycles. The maximum Gasteiger partial charge on any atom is 0.124 e. The molecule has 1 aromatic rings. The maximum atomic E-state index is 9.80. The number of nitrogens with one attached hydrogen (secondary N) is 1. The first-order chi connectivity index (χ1) is 8.25. The van der Waals surface area contributed by atoms with Gasteiger partial charge in [-0.1, -0.05) is 33.8 Å². The van der Waals surface area contributed by atoms with Crippen molar-refractivity contribution in [3.63, 3.8) is 0 Å². The van der Waals surface area contributed by atoms with E-state index in [1.807, 2.05) is 6.92 Å². The topological polar surface area (TPSA) is 52.5 Å². The molecule has 3 nitrogen and oxygen atoms in total. The van der Waals surface area contributed by atoms with Crippen LogP contribution >= 0.6 is 0 Å². The standard InChI is InChI=1S/C15H25NO2/c1-10(2)15(4,5)9-16-11(3)14-12(17)7-6-8-13(14)18/h6-8,10-11,16-18H,9H2,1-5H3. The Hall–Kier alpha value is -1.22. The quantitative estimate of drug-likeness (QED) is 0.751. The minimum atomic E-state index is -0.0794. The molecule has 0 saturated carbocycles. The van der Waals surface area contributed by atoms with Crippen LogP contribution in [0.1, 0.15) is 46.2 Å². The lowest BCUT2D eigenvalue weighted by atomic mass is 9.81. The summed E-state index contributed by atoms with van der Waals surface area (Å²) in [5.41, 5.74) is 0.742. The predicted molar refractivity (Wildman–Crippen MR) is 74.8 cm³/mol. The van der Waals surface area contributed by atoms with E-state index < -0.39 is 0 Å². The summed E-state index contributed by atoms with van der Waals surface area (Å²) in [5, 5.41) is 23.0. The molecule has 0 radical (unpaired) electrons. The highest BCUT2D eigenvalue weighted by molar-refractivity contribution is 5.44. The van der Waals surface area contributed by atoms with E-state index in [0.717, 1.165) is 6.54 Å².